The maximum atomic E-state index is 12.9. The summed E-state index contributed by atoms with van der Waals surface area (Å²) in [6.07, 6.45) is 0.953. The zero-order valence-electron chi connectivity index (χ0n) is 15.9. The van der Waals surface area contributed by atoms with Crippen LogP contribution < -0.4 is 5.32 Å². The molecule has 0 spiro atoms. The summed E-state index contributed by atoms with van der Waals surface area (Å²) in [5, 5.41) is 6.85. The lowest BCUT2D eigenvalue weighted by Gasteiger charge is -2.23. The van der Waals surface area contributed by atoms with Gasteiger partial charge in [-0.2, -0.15) is 0 Å². The number of anilines is 1. The molecule has 28 heavy (non-hydrogen) atoms. The van der Waals surface area contributed by atoms with Crippen LogP contribution in [0, 0.1) is 6.92 Å². The summed E-state index contributed by atoms with van der Waals surface area (Å²) in [6, 6.07) is 7.73. The normalized spacial score (nSPS) is 14.1. The van der Waals surface area contributed by atoms with Crippen molar-refractivity contribution in [2.24, 2.45) is 0 Å². The van der Waals surface area contributed by atoms with Crippen LogP contribution in [0.2, 0.25) is 0 Å². The topological polar surface area (TPSA) is 58.1 Å². The minimum atomic E-state index is -0.101. The predicted molar refractivity (Wildman–Crippen MR) is 118 cm³/mol. The Balaban J connectivity index is 1.46. The van der Waals surface area contributed by atoms with E-state index in [0.717, 1.165) is 53.1 Å². The lowest BCUT2D eigenvalue weighted by Crippen LogP contribution is -2.29. The van der Waals surface area contributed by atoms with E-state index in [2.05, 4.69) is 32.5 Å². The number of hydrogen-bond donors (Lipinski definition) is 1. The van der Waals surface area contributed by atoms with Crippen molar-refractivity contribution in [3.05, 3.63) is 56.5 Å². The number of carbonyl (C=O) groups is 1. The molecule has 1 aromatic carbocycles. The van der Waals surface area contributed by atoms with Gasteiger partial charge in [-0.25, -0.2) is 9.97 Å². The summed E-state index contributed by atoms with van der Waals surface area (Å²) in [5.74, 6) is 0.656. The van der Waals surface area contributed by atoms with Gasteiger partial charge in [0, 0.05) is 40.4 Å². The summed E-state index contributed by atoms with van der Waals surface area (Å²) >= 11 is 4.89. The quantitative estimate of drug-likeness (QED) is 0.568. The SMILES string of the molecule is CCN1CCc2nc(NC(=O)c3ccccc3SCc3csc(C)n3)sc2C1. The van der Waals surface area contributed by atoms with E-state index < -0.39 is 0 Å². The van der Waals surface area contributed by atoms with Crippen molar-refractivity contribution in [2.75, 3.05) is 18.4 Å². The maximum Gasteiger partial charge on any atom is 0.258 e. The molecule has 5 nitrogen and oxygen atoms in total. The smallest absolute Gasteiger partial charge is 0.258 e. The number of aromatic nitrogens is 2. The van der Waals surface area contributed by atoms with Crippen LogP contribution in [0.25, 0.3) is 0 Å². The van der Waals surface area contributed by atoms with Crippen molar-refractivity contribution in [3.8, 4) is 0 Å². The van der Waals surface area contributed by atoms with Gasteiger partial charge in [-0.3, -0.25) is 15.0 Å². The molecule has 0 saturated heterocycles. The van der Waals surface area contributed by atoms with E-state index >= 15 is 0 Å². The molecule has 3 aromatic rings. The average Bonchev–Trinajstić information content (AvgIpc) is 3.31. The van der Waals surface area contributed by atoms with Crippen LogP contribution in [0.3, 0.4) is 0 Å². The van der Waals surface area contributed by atoms with Crippen LogP contribution in [0.1, 0.15) is 38.6 Å². The number of hydrogen-bond acceptors (Lipinski definition) is 7. The molecule has 0 fully saturated rings. The first kappa shape index (κ1) is 19.6. The number of benzene rings is 1. The van der Waals surface area contributed by atoms with Crippen LogP contribution in [-0.2, 0) is 18.7 Å². The molecule has 8 heteroatoms. The van der Waals surface area contributed by atoms with Crippen molar-refractivity contribution in [2.45, 2.75) is 37.5 Å². The fraction of sp³-hybridized carbons (Fsp3) is 0.350. The molecule has 0 atom stereocenters. The van der Waals surface area contributed by atoms with Crippen LogP contribution in [0.15, 0.2) is 34.5 Å². The summed E-state index contributed by atoms with van der Waals surface area (Å²) in [7, 11) is 0. The third-order valence-electron chi connectivity index (χ3n) is 4.65. The Morgan fingerprint density at radius 2 is 2.18 bits per heavy atom. The lowest BCUT2D eigenvalue weighted by atomic mass is 10.2. The molecule has 1 aliphatic heterocycles. The van der Waals surface area contributed by atoms with Crippen LogP contribution in [0.5, 0.6) is 0 Å². The zero-order valence-corrected chi connectivity index (χ0v) is 18.3. The van der Waals surface area contributed by atoms with Crippen LogP contribution in [0.4, 0.5) is 5.13 Å². The molecule has 2 aromatic heterocycles. The molecule has 0 aliphatic carbocycles. The summed E-state index contributed by atoms with van der Waals surface area (Å²) in [4.78, 5) is 26.7. The van der Waals surface area contributed by atoms with Gasteiger partial charge in [-0.05, 0) is 25.6 Å². The van der Waals surface area contributed by atoms with Crippen molar-refractivity contribution in [1.82, 2.24) is 14.9 Å². The lowest BCUT2D eigenvalue weighted by molar-refractivity contribution is 0.102. The number of nitrogens with zero attached hydrogens (tertiary/aromatic N) is 3. The number of fused-ring (bicyclic) bond motifs is 1. The predicted octanol–water partition coefficient (Wildman–Crippen LogP) is 4.83. The van der Waals surface area contributed by atoms with E-state index in [-0.39, 0.29) is 5.91 Å². The van der Waals surface area contributed by atoms with E-state index in [4.69, 9.17) is 0 Å². The number of likely N-dealkylation sites (N-methyl/N-ethyl adjacent to an activating group) is 1. The van der Waals surface area contributed by atoms with Gasteiger partial charge in [-0.1, -0.05) is 19.1 Å². The first-order valence-electron chi connectivity index (χ1n) is 9.27. The van der Waals surface area contributed by atoms with Crippen molar-refractivity contribution < 1.29 is 4.79 Å². The Hall–Kier alpha value is -1.74. The molecule has 4 rings (SSSR count). The number of thioether (sulfide) groups is 1. The number of rotatable bonds is 6. The molecule has 1 N–H and O–H groups in total. The Kier molecular flexibility index (Phi) is 6.10. The minimum Gasteiger partial charge on any atom is -0.298 e. The Bertz CT molecular complexity index is 981. The third-order valence-corrected chi connectivity index (χ3v) is 7.58. The molecule has 146 valence electrons. The van der Waals surface area contributed by atoms with E-state index in [1.807, 2.05) is 31.2 Å². The molecule has 1 amide bonds. The number of carbonyl (C=O) groups excluding carboxylic acids is 1. The first-order chi connectivity index (χ1) is 13.6. The highest BCUT2D eigenvalue weighted by atomic mass is 32.2. The number of nitrogens with one attached hydrogen (secondary N) is 1. The van der Waals surface area contributed by atoms with E-state index in [1.165, 1.54) is 4.88 Å². The summed E-state index contributed by atoms with van der Waals surface area (Å²) in [5.41, 5.74) is 2.87. The minimum absolute atomic E-state index is 0.101. The molecule has 0 bridgehead atoms. The fourth-order valence-electron chi connectivity index (χ4n) is 3.14. The van der Waals surface area contributed by atoms with E-state index in [1.54, 1.807) is 34.4 Å². The molecule has 0 unspecified atom stereocenters. The Morgan fingerprint density at radius 1 is 1.32 bits per heavy atom. The highest BCUT2D eigenvalue weighted by Crippen LogP contribution is 2.30. The molecule has 0 saturated carbocycles. The maximum absolute atomic E-state index is 12.9. The third kappa shape index (κ3) is 4.46. The van der Waals surface area contributed by atoms with Gasteiger partial charge in [0.15, 0.2) is 5.13 Å². The Morgan fingerprint density at radius 3 is 2.96 bits per heavy atom. The average molecular weight is 431 g/mol. The zero-order chi connectivity index (χ0) is 19.5. The fourth-order valence-corrected chi connectivity index (χ4v) is 5.85. The van der Waals surface area contributed by atoms with Crippen molar-refractivity contribution >= 4 is 45.5 Å². The number of aryl methyl sites for hydroxylation is 1. The van der Waals surface area contributed by atoms with Crippen LogP contribution >= 0.6 is 34.4 Å². The van der Waals surface area contributed by atoms with Gasteiger partial charge in [0.25, 0.3) is 5.91 Å². The number of amides is 1. The molecule has 3 heterocycles. The summed E-state index contributed by atoms with van der Waals surface area (Å²) in [6.45, 7) is 7.20. The standard InChI is InChI=1S/C20H22N4OS3/c1-3-24-9-8-16-18(10-24)28-20(22-16)23-19(25)15-6-4-5-7-17(15)27-12-14-11-26-13(2)21-14/h4-7,11H,3,8-10,12H2,1-2H3,(H,22,23,25). The van der Waals surface area contributed by atoms with E-state index in [0.29, 0.717) is 10.7 Å². The van der Waals surface area contributed by atoms with Gasteiger partial charge in [0.2, 0.25) is 0 Å². The van der Waals surface area contributed by atoms with Gasteiger partial charge in [-0.15, -0.1) is 34.4 Å². The van der Waals surface area contributed by atoms with Crippen LogP contribution in [-0.4, -0.2) is 33.9 Å². The Labute approximate surface area is 177 Å². The van der Waals surface area contributed by atoms with Crippen molar-refractivity contribution in [1.29, 1.82) is 0 Å². The first-order valence-corrected chi connectivity index (χ1v) is 12.0. The van der Waals surface area contributed by atoms with E-state index in [9.17, 15) is 4.79 Å². The van der Waals surface area contributed by atoms with Crippen molar-refractivity contribution in [3.63, 3.8) is 0 Å². The number of thiazole rings is 2. The van der Waals surface area contributed by atoms with Gasteiger partial charge in [0.05, 0.1) is 22.0 Å². The second-order valence-corrected chi connectivity index (χ2v) is 9.77. The second kappa shape index (κ2) is 8.73. The molecular formula is C20H22N4OS3. The molecular weight excluding hydrogens is 408 g/mol. The van der Waals surface area contributed by atoms with Gasteiger partial charge in [0.1, 0.15) is 0 Å². The largest absolute Gasteiger partial charge is 0.298 e. The molecule has 1 aliphatic rings. The monoisotopic (exact) mass is 430 g/mol. The summed E-state index contributed by atoms with van der Waals surface area (Å²) < 4.78 is 0. The highest BCUT2D eigenvalue weighted by Gasteiger charge is 2.21. The van der Waals surface area contributed by atoms with Gasteiger partial charge < -0.3 is 0 Å². The van der Waals surface area contributed by atoms with Gasteiger partial charge >= 0.3 is 0 Å². The molecule has 0 radical (unpaired) electrons. The highest BCUT2D eigenvalue weighted by molar-refractivity contribution is 7.98. The second-order valence-electron chi connectivity index (χ2n) is 6.60.